The number of likely N-dealkylation sites (N-methyl/N-ethyl adjacent to an activating group) is 2. The molecule has 0 fully saturated rings. The Morgan fingerprint density at radius 1 is 1.62 bits per heavy atom. The van der Waals surface area contributed by atoms with Gasteiger partial charge in [-0.3, -0.25) is 4.68 Å². The highest BCUT2D eigenvalue weighted by atomic mass is 15.3. The fraction of sp³-hybridized carbons (Fsp3) is 0.727. The molecule has 1 aromatic rings. The van der Waals surface area contributed by atoms with Crippen molar-refractivity contribution < 1.29 is 0 Å². The van der Waals surface area contributed by atoms with Crippen LogP contribution in [-0.4, -0.2) is 47.9 Å². The molecular formula is C11H21N5. The topological polar surface area (TPSA) is 59.1 Å². The van der Waals surface area contributed by atoms with Crippen molar-refractivity contribution in [2.45, 2.75) is 25.6 Å². The predicted octanol–water partition coefficient (Wildman–Crippen LogP) is -0.582. The lowest BCUT2D eigenvalue weighted by atomic mass is 10.1. The molecule has 3 N–H and O–H groups in total. The van der Waals surface area contributed by atoms with E-state index in [0.29, 0.717) is 0 Å². The van der Waals surface area contributed by atoms with Crippen LogP contribution in [0.5, 0.6) is 0 Å². The van der Waals surface area contributed by atoms with E-state index in [1.54, 1.807) is 0 Å². The largest absolute Gasteiger partial charge is 0.325 e. The zero-order valence-corrected chi connectivity index (χ0v) is 10.1. The number of fused-ring (bicyclic) bond motifs is 1. The van der Waals surface area contributed by atoms with E-state index in [-0.39, 0.29) is 6.04 Å². The quantitative estimate of drug-likeness (QED) is 0.717. The van der Waals surface area contributed by atoms with Gasteiger partial charge in [0.15, 0.2) is 0 Å². The van der Waals surface area contributed by atoms with Crippen molar-refractivity contribution in [2.75, 3.05) is 27.2 Å². The van der Waals surface area contributed by atoms with Gasteiger partial charge in [0.2, 0.25) is 0 Å². The monoisotopic (exact) mass is 223 g/mol. The average molecular weight is 223 g/mol. The minimum atomic E-state index is 0.129. The third-order valence-electron chi connectivity index (χ3n) is 2.98. The maximum Gasteiger partial charge on any atom is 0.0682 e. The molecule has 0 amide bonds. The first-order valence-corrected chi connectivity index (χ1v) is 5.83. The minimum Gasteiger partial charge on any atom is -0.325 e. The van der Waals surface area contributed by atoms with Crippen LogP contribution in [0.2, 0.25) is 0 Å². The molecule has 0 aliphatic carbocycles. The molecule has 0 radical (unpaired) electrons. The van der Waals surface area contributed by atoms with Gasteiger partial charge in [0.05, 0.1) is 12.2 Å². The zero-order chi connectivity index (χ0) is 11.5. The van der Waals surface area contributed by atoms with Crippen molar-refractivity contribution in [1.29, 1.82) is 0 Å². The number of rotatable bonds is 4. The Labute approximate surface area is 96.6 Å². The van der Waals surface area contributed by atoms with Gasteiger partial charge >= 0.3 is 0 Å². The summed E-state index contributed by atoms with van der Waals surface area (Å²) in [6.07, 6.45) is 3.20. The average Bonchev–Trinajstić information content (AvgIpc) is 2.59. The second-order valence-electron chi connectivity index (χ2n) is 4.63. The zero-order valence-electron chi connectivity index (χ0n) is 10.1. The summed E-state index contributed by atoms with van der Waals surface area (Å²) >= 11 is 0. The highest BCUT2D eigenvalue weighted by molar-refractivity contribution is 5.19. The molecule has 2 heterocycles. The van der Waals surface area contributed by atoms with Crippen LogP contribution in [0.1, 0.15) is 11.3 Å². The van der Waals surface area contributed by atoms with Crippen LogP contribution in [-0.2, 0) is 19.5 Å². The normalized spacial score (nSPS) is 18.4. The van der Waals surface area contributed by atoms with Crippen molar-refractivity contribution >= 4 is 0 Å². The van der Waals surface area contributed by atoms with Gasteiger partial charge in [-0.1, -0.05) is 0 Å². The van der Waals surface area contributed by atoms with Gasteiger partial charge in [0.1, 0.15) is 0 Å². The molecular weight excluding hydrogens is 202 g/mol. The second kappa shape index (κ2) is 4.95. The third kappa shape index (κ3) is 2.61. The molecule has 0 saturated carbocycles. The lowest BCUT2D eigenvalue weighted by molar-refractivity contribution is 0.311. The Morgan fingerprint density at radius 2 is 2.44 bits per heavy atom. The summed E-state index contributed by atoms with van der Waals surface area (Å²) in [5.74, 6) is 0. The fourth-order valence-corrected chi connectivity index (χ4v) is 2.17. The first-order chi connectivity index (χ1) is 7.69. The number of nitrogens with zero attached hydrogens (tertiary/aromatic N) is 3. The molecule has 1 aliphatic rings. The van der Waals surface area contributed by atoms with Gasteiger partial charge in [0, 0.05) is 43.9 Å². The minimum absolute atomic E-state index is 0.129. The van der Waals surface area contributed by atoms with Crippen LogP contribution < -0.4 is 11.1 Å². The van der Waals surface area contributed by atoms with Crippen LogP contribution in [0.4, 0.5) is 0 Å². The Morgan fingerprint density at radius 3 is 3.19 bits per heavy atom. The van der Waals surface area contributed by atoms with Gasteiger partial charge in [-0.15, -0.1) is 0 Å². The molecule has 5 heteroatoms. The molecule has 0 saturated heterocycles. The SMILES string of the molecule is CNCC(N)Cn1cc2c(n1)CCN(C)C2. The fourth-order valence-electron chi connectivity index (χ4n) is 2.17. The Hall–Kier alpha value is -0.910. The highest BCUT2D eigenvalue weighted by Crippen LogP contribution is 2.15. The summed E-state index contributed by atoms with van der Waals surface area (Å²) in [5.41, 5.74) is 8.57. The van der Waals surface area contributed by atoms with Crippen molar-refractivity contribution in [1.82, 2.24) is 20.0 Å². The summed E-state index contributed by atoms with van der Waals surface area (Å²) in [5, 5.41) is 7.67. The first-order valence-electron chi connectivity index (χ1n) is 5.83. The van der Waals surface area contributed by atoms with Gasteiger partial charge in [0.25, 0.3) is 0 Å². The van der Waals surface area contributed by atoms with E-state index >= 15 is 0 Å². The summed E-state index contributed by atoms with van der Waals surface area (Å²) in [6.45, 7) is 3.73. The third-order valence-corrected chi connectivity index (χ3v) is 2.98. The van der Waals surface area contributed by atoms with Gasteiger partial charge in [-0.2, -0.15) is 5.10 Å². The maximum absolute atomic E-state index is 5.97. The number of hydrogen-bond acceptors (Lipinski definition) is 4. The maximum atomic E-state index is 5.97. The molecule has 0 spiro atoms. The molecule has 5 nitrogen and oxygen atoms in total. The summed E-state index contributed by atoms with van der Waals surface area (Å²) in [6, 6.07) is 0.129. The number of hydrogen-bond donors (Lipinski definition) is 2. The van der Waals surface area contributed by atoms with Crippen LogP contribution in [0, 0.1) is 0 Å². The Bertz CT molecular complexity index is 346. The number of nitrogens with one attached hydrogen (secondary N) is 1. The van der Waals surface area contributed by atoms with E-state index in [1.165, 1.54) is 11.3 Å². The lowest BCUT2D eigenvalue weighted by Crippen LogP contribution is -2.35. The molecule has 0 aromatic carbocycles. The van der Waals surface area contributed by atoms with Crippen molar-refractivity contribution in [3.63, 3.8) is 0 Å². The number of aromatic nitrogens is 2. The molecule has 1 atom stereocenters. The van der Waals surface area contributed by atoms with E-state index in [0.717, 1.165) is 32.6 Å². The van der Waals surface area contributed by atoms with E-state index in [1.807, 2.05) is 11.7 Å². The van der Waals surface area contributed by atoms with E-state index < -0.39 is 0 Å². The number of nitrogens with two attached hydrogens (primary N) is 1. The van der Waals surface area contributed by atoms with Crippen LogP contribution in [0.15, 0.2) is 6.20 Å². The Balaban J connectivity index is 2.01. The van der Waals surface area contributed by atoms with Crippen molar-refractivity contribution in [3.05, 3.63) is 17.5 Å². The van der Waals surface area contributed by atoms with Crippen LogP contribution >= 0.6 is 0 Å². The Kier molecular flexibility index (Phi) is 3.58. The first kappa shape index (κ1) is 11.6. The van der Waals surface area contributed by atoms with Crippen LogP contribution in [0.25, 0.3) is 0 Å². The van der Waals surface area contributed by atoms with Gasteiger partial charge < -0.3 is 16.0 Å². The molecule has 16 heavy (non-hydrogen) atoms. The van der Waals surface area contributed by atoms with E-state index in [4.69, 9.17) is 5.73 Å². The summed E-state index contributed by atoms with van der Waals surface area (Å²) in [4.78, 5) is 2.32. The molecule has 1 aliphatic heterocycles. The molecule has 1 aromatic heterocycles. The molecule has 2 rings (SSSR count). The van der Waals surface area contributed by atoms with Crippen LogP contribution in [0.3, 0.4) is 0 Å². The van der Waals surface area contributed by atoms with Crippen molar-refractivity contribution in [3.8, 4) is 0 Å². The molecule has 90 valence electrons. The standard InChI is InChI=1S/C11H21N5/c1-13-5-10(12)8-16-7-9-6-15(2)4-3-11(9)14-16/h7,10,13H,3-6,8,12H2,1-2H3. The highest BCUT2D eigenvalue weighted by Gasteiger charge is 2.17. The second-order valence-corrected chi connectivity index (χ2v) is 4.63. The lowest BCUT2D eigenvalue weighted by Gasteiger charge is -2.20. The summed E-state index contributed by atoms with van der Waals surface area (Å²) in [7, 11) is 4.07. The smallest absolute Gasteiger partial charge is 0.0682 e. The van der Waals surface area contributed by atoms with Gasteiger partial charge in [-0.25, -0.2) is 0 Å². The molecule has 1 unspecified atom stereocenters. The van der Waals surface area contributed by atoms with E-state index in [9.17, 15) is 0 Å². The predicted molar refractivity (Wildman–Crippen MR) is 64.2 cm³/mol. The van der Waals surface area contributed by atoms with Gasteiger partial charge in [-0.05, 0) is 14.1 Å². The van der Waals surface area contributed by atoms with E-state index in [2.05, 4.69) is 28.6 Å². The molecule has 0 bridgehead atoms. The van der Waals surface area contributed by atoms with Crippen molar-refractivity contribution in [2.24, 2.45) is 5.73 Å². The summed E-state index contributed by atoms with van der Waals surface area (Å²) < 4.78 is 1.99.